The van der Waals surface area contributed by atoms with E-state index < -0.39 is 5.60 Å². The van der Waals surface area contributed by atoms with Crippen molar-refractivity contribution in [3.8, 4) is 5.75 Å². The Morgan fingerprint density at radius 2 is 2.24 bits per heavy atom. The molecule has 0 saturated heterocycles. The molecule has 0 radical (unpaired) electrons. The number of amides is 1. The Hall–Kier alpha value is -2.37. The zero-order chi connectivity index (χ0) is 15.0. The second-order valence-corrected chi connectivity index (χ2v) is 5.75. The molecule has 0 fully saturated rings. The van der Waals surface area contributed by atoms with Crippen LogP contribution in [0.1, 0.15) is 32.3 Å². The van der Waals surface area contributed by atoms with Gasteiger partial charge in [0.05, 0.1) is 17.4 Å². The minimum absolute atomic E-state index is 0.170. The SMILES string of the molecule is CC1(C)Oc2ccc(C3=NNC(C=O)CC3)cc2NC1=O. The third-order valence-electron chi connectivity index (χ3n) is 3.69. The van der Waals surface area contributed by atoms with E-state index in [-0.39, 0.29) is 11.9 Å². The highest BCUT2D eigenvalue weighted by Crippen LogP contribution is 2.34. The summed E-state index contributed by atoms with van der Waals surface area (Å²) in [5.74, 6) is 0.482. The fraction of sp³-hybridized carbons (Fsp3) is 0.400. The molecule has 6 nitrogen and oxygen atoms in total. The van der Waals surface area contributed by atoms with Crippen LogP contribution in [0, 0.1) is 0 Å². The average molecular weight is 287 g/mol. The monoisotopic (exact) mass is 287 g/mol. The minimum atomic E-state index is -0.865. The van der Waals surface area contributed by atoms with E-state index in [1.165, 1.54) is 0 Å². The molecule has 0 saturated carbocycles. The van der Waals surface area contributed by atoms with Crippen molar-refractivity contribution >= 4 is 23.6 Å². The second kappa shape index (κ2) is 4.87. The topological polar surface area (TPSA) is 79.8 Å². The Morgan fingerprint density at radius 1 is 1.43 bits per heavy atom. The second-order valence-electron chi connectivity index (χ2n) is 5.75. The summed E-state index contributed by atoms with van der Waals surface area (Å²) >= 11 is 0. The first kappa shape index (κ1) is 13.6. The van der Waals surface area contributed by atoms with E-state index in [9.17, 15) is 9.59 Å². The molecule has 1 atom stereocenters. The number of hydrogen-bond donors (Lipinski definition) is 2. The highest BCUT2D eigenvalue weighted by Gasteiger charge is 2.35. The van der Waals surface area contributed by atoms with Crippen molar-refractivity contribution in [3.63, 3.8) is 0 Å². The van der Waals surface area contributed by atoms with Crippen LogP contribution in [-0.4, -0.2) is 29.5 Å². The molecular weight excluding hydrogens is 270 g/mol. The number of aldehydes is 1. The lowest BCUT2D eigenvalue weighted by Gasteiger charge is -2.31. The summed E-state index contributed by atoms with van der Waals surface area (Å²) in [7, 11) is 0. The molecule has 110 valence electrons. The van der Waals surface area contributed by atoms with Gasteiger partial charge in [-0.1, -0.05) is 0 Å². The van der Waals surface area contributed by atoms with Crippen LogP contribution in [0.3, 0.4) is 0 Å². The van der Waals surface area contributed by atoms with Crippen molar-refractivity contribution in [3.05, 3.63) is 23.8 Å². The highest BCUT2D eigenvalue weighted by atomic mass is 16.5. The van der Waals surface area contributed by atoms with Gasteiger partial charge in [-0.3, -0.25) is 10.2 Å². The summed E-state index contributed by atoms with van der Waals surface area (Å²) in [5, 5.41) is 7.08. The summed E-state index contributed by atoms with van der Waals surface area (Å²) in [6.07, 6.45) is 2.30. The molecule has 2 N–H and O–H groups in total. The summed E-state index contributed by atoms with van der Waals surface area (Å²) in [6, 6.07) is 5.38. The Morgan fingerprint density at radius 3 is 2.90 bits per heavy atom. The highest BCUT2D eigenvalue weighted by molar-refractivity contribution is 6.05. The number of ether oxygens (including phenoxy) is 1. The van der Waals surface area contributed by atoms with Crippen LogP contribution in [0.5, 0.6) is 5.75 Å². The zero-order valence-electron chi connectivity index (χ0n) is 12.0. The molecule has 0 aromatic heterocycles. The van der Waals surface area contributed by atoms with E-state index in [1.807, 2.05) is 18.2 Å². The standard InChI is InChI=1S/C15H17N3O3/c1-15(2)14(20)16-12-7-9(3-6-13(12)21-15)11-5-4-10(8-19)17-18-11/h3,6-8,10,17H,4-5H2,1-2H3,(H,16,20). The Kier molecular flexibility index (Phi) is 3.16. The summed E-state index contributed by atoms with van der Waals surface area (Å²) in [6.45, 7) is 3.46. The van der Waals surface area contributed by atoms with Crippen LogP contribution in [0.25, 0.3) is 0 Å². The predicted octanol–water partition coefficient (Wildman–Crippen LogP) is 1.45. The Labute approximate surface area is 122 Å². The largest absolute Gasteiger partial charge is 0.476 e. The molecular formula is C15H17N3O3. The fourth-order valence-corrected chi connectivity index (χ4v) is 2.37. The molecule has 0 aliphatic carbocycles. The first-order valence-corrected chi connectivity index (χ1v) is 6.92. The summed E-state index contributed by atoms with van der Waals surface area (Å²) < 4.78 is 5.69. The lowest BCUT2D eigenvalue weighted by Crippen LogP contribution is -2.45. The van der Waals surface area contributed by atoms with E-state index >= 15 is 0 Å². The van der Waals surface area contributed by atoms with Gasteiger partial charge < -0.3 is 14.8 Å². The van der Waals surface area contributed by atoms with Crippen LogP contribution in [0.15, 0.2) is 23.3 Å². The van der Waals surface area contributed by atoms with E-state index in [2.05, 4.69) is 15.8 Å². The quantitative estimate of drug-likeness (QED) is 0.807. The first-order chi connectivity index (χ1) is 9.99. The van der Waals surface area contributed by atoms with Crippen LogP contribution in [0.4, 0.5) is 5.69 Å². The average Bonchev–Trinajstić information content (AvgIpc) is 2.48. The normalized spacial score (nSPS) is 23.0. The van der Waals surface area contributed by atoms with Gasteiger partial charge in [-0.25, -0.2) is 0 Å². The van der Waals surface area contributed by atoms with Gasteiger partial charge in [-0.2, -0.15) is 5.10 Å². The van der Waals surface area contributed by atoms with E-state index in [0.29, 0.717) is 11.4 Å². The number of hydrogen-bond acceptors (Lipinski definition) is 5. The molecule has 0 spiro atoms. The van der Waals surface area contributed by atoms with Crippen molar-refractivity contribution in [2.75, 3.05) is 5.32 Å². The number of nitrogens with zero attached hydrogens (tertiary/aromatic N) is 1. The van der Waals surface area contributed by atoms with Gasteiger partial charge in [0.15, 0.2) is 5.60 Å². The van der Waals surface area contributed by atoms with Gasteiger partial charge in [0.25, 0.3) is 5.91 Å². The predicted molar refractivity (Wildman–Crippen MR) is 78.5 cm³/mol. The van der Waals surface area contributed by atoms with Gasteiger partial charge in [0.2, 0.25) is 0 Å². The number of fused-ring (bicyclic) bond motifs is 1. The molecule has 2 heterocycles. The van der Waals surface area contributed by atoms with E-state index in [1.54, 1.807) is 13.8 Å². The van der Waals surface area contributed by atoms with Gasteiger partial charge in [-0.15, -0.1) is 0 Å². The third-order valence-corrected chi connectivity index (χ3v) is 3.69. The van der Waals surface area contributed by atoms with Crippen molar-refractivity contribution in [2.45, 2.75) is 38.3 Å². The van der Waals surface area contributed by atoms with Crippen molar-refractivity contribution in [1.82, 2.24) is 5.43 Å². The number of benzene rings is 1. The van der Waals surface area contributed by atoms with Crippen molar-refractivity contribution in [2.24, 2.45) is 5.10 Å². The number of rotatable bonds is 2. The fourth-order valence-electron chi connectivity index (χ4n) is 2.37. The van der Waals surface area contributed by atoms with Crippen LogP contribution < -0.4 is 15.5 Å². The van der Waals surface area contributed by atoms with Gasteiger partial charge in [0, 0.05) is 5.56 Å². The molecule has 1 unspecified atom stereocenters. The molecule has 1 aromatic carbocycles. The molecule has 3 rings (SSSR count). The van der Waals surface area contributed by atoms with Crippen LogP contribution in [-0.2, 0) is 9.59 Å². The number of anilines is 1. The zero-order valence-corrected chi connectivity index (χ0v) is 12.0. The van der Waals surface area contributed by atoms with Crippen molar-refractivity contribution in [1.29, 1.82) is 0 Å². The lowest BCUT2D eigenvalue weighted by atomic mass is 9.99. The molecule has 2 aliphatic heterocycles. The number of nitrogens with one attached hydrogen (secondary N) is 2. The maximum Gasteiger partial charge on any atom is 0.268 e. The third kappa shape index (κ3) is 2.49. The number of hydrazone groups is 1. The maximum atomic E-state index is 11.9. The smallest absolute Gasteiger partial charge is 0.268 e. The Bertz CT molecular complexity index is 637. The number of carbonyl (C=O) groups is 2. The maximum absolute atomic E-state index is 11.9. The van der Waals surface area contributed by atoms with Crippen LogP contribution in [0.2, 0.25) is 0 Å². The molecule has 21 heavy (non-hydrogen) atoms. The lowest BCUT2D eigenvalue weighted by molar-refractivity contribution is -0.129. The van der Waals surface area contributed by atoms with E-state index in [0.717, 1.165) is 30.4 Å². The van der Waals surface area contributed by atoms with Crippen LogP contribution >= 0.6 is 0 Å². The summed E-state index contributed by atoms with van der Waals surface area (Å²) in [5.41, 5.74) is 4.39. The molecule has 6 heteroatoms. The van der Waals surface area contributed by atoms with E-state index in [4.69, 9.17) is 4.74 Å². The molecule has 1 aromatic rings. The number of carbonyl (C=O) groups excluding carboxylic acids is 2. The van der Waals surface area contributed by atoms with Gasteiger partial charge in [-0.05, 0) is 44.9 Å². The molecule has 2 aliphatic rings. The molecule has 0 bridgehead atoms. The van der Waals surface area contributed by atoms with Gasteiger partial charge >= 0.3 is 0 Å². The molecule has 1 amide bonds. The minimum Gasteiger partial charge on any atom is -0.476 e. The summed E-state index contributed by atoms with van der Waals surface area (Å²) in [4.78, 5) is 22.6. The van der Waals surface area contributed by atoms with Crippen molar-refractivity contribution < 1.29 is 14.3 Å². The van der Waals surface area contributed by atoms with Gasteiger partial charge in [0.1, 0.15) is 12.0 Å². The first-order valence-electron chi connectivity index (χ1n) is 6.92. The Balaban J connectivity index is 1.88.